The van der Waals surface area contributed by atoms with Gasteiger partial charge < -0.3 is 9.80 Å². The van der Waals surface area contributed by atoms with Crippen LogP contribution in [0.2, 0.25) is 0 Å². The van der Waals surface area contributed by atoms with Crippen LogP contribution in [0.4, 0.5) is 4.79 Å². The molecular formula is C13H24N2O. The Bertz CT molecular complexity index is 251. The summed E-state index contributed by atoms with van der Waals surface area (Å²) < 4.78 is 0. The highest BCUT2D eigenvalue weighted by Crippen LogP contribution is 2.34. The normalized spacial score (nSPS) is 24.9. The van der Waals surface area contributed by atoms with Crippen LogP contribution in [-0.2, 0) is 0 Å². The van der Waals surface area contributed by atoms with E-state index in [2.05, 4.69) is 18.7 Å². The van der Waals surface area contributed by atoms with Crippen molar-refractivity contribution in [3.05, 3.63) is 0 Å². The fourth-order valence-electron chi connectivity index (χ4n) is 2.70. The van der Waals surface area contributed by atoms with E-state index < -0.39 is 0 Å². The largest absolute Gasteiger partial charge is 0.325 e. The molecule has 0 radical (unpaired) electrons. The number of amides is 2. The second-order valence-electron chi connectivity index (χ2n) is 5.63. The monoisotopic (exact) mass is 224 g/mol. The van der Waals surface area contributed by atoms with Gasteiger partial charge >= 0.3 is 6.03 Å². The van der Waals surface area contributed by atoms with Gasteiger partial charge in [-0.3, -0.25) is 0 Å². The number of likely N-dealkylation sites (tertiary alicyclic amines) is 2. The molecule has 3 heteroatoms. The maximum Gasteiger partial charge on any atom is 0.319 e. The van der Waals surface area contributed by atoms with Crippen molar-refractivity contribution >= 4 is 6.03 Å². The molecule has 92 valence electrons. The first-order valence-electron chi connectivity index (χ1n) is 6.68. The number of urea groups is 1. The molecule has 2 saturated heterocycles. The lowest BCUT2D eigenvalue weighted by Crippen LogP contribution is -2.47. The van der Waals surface area contributed by atoms with Crippen LogP contribution in [0, 0.1) is 5.41 Å². The molecule has 2 aliphatic rings. The molecule has 0 aromatic carbocycles. The highest BCUT2D eigenvalue weighted by atomic mass is 16.2. The van der Waals surface area contributed by atoms with Crippen LogP contribution in [0.15, 0.2) is 0 Å². The SMILES string of the molecule is CCC1(C)CCN(C(=O)N2CCCC2)CC1. The van der Waals surface area contributed by atoms with Crippen molar-refractivity contribution in [1.82, 2.24) is 9.80 Å². The fourth-order valence-corrected chi connectivity index (χ4v) is 2.70. The Morgan fingerprint density at radius 3 is 2.06 bits per heavy atom. The Hall–Kier alpha value is -0.730. The van der Waals surface area contributed by atoms with Crippen molar-refractivity contribution < 1.29 is 4.79 Å². The zero-order valence-corrected chi connectivity index (χ0v) is 10.7. The van der Waals surface area contributed by atoms with Crippen LogP contribution in [-0.4, -0.2) is 42.0 Å². The minimum atomic E-state index is 0.288. The second-order valence-corrected chi connectivity index (χ2v) is 5.63. The summed E-state index contributed by atoms with van der Waals surface area (Å²) >= 11 is 0. The molecule has 0 saturated carbocycles. The van der Waals surface area contributed by atoms with Gasteiger partial charge in [-0.1, -0.05) is 20.3 Å². The molecule has 2 aliphatic heterocycles. The molecule has 0 aliphatic carbocycles. The van der Waals surface area contributed by atoms with Crippen LogP contribution in [0.5, 0.6) is 0 Å². The number of hydrogen-bond acceptors (Lipinski definition) is 1. The minimum Gasteiger partial charge on any atom is -0.325 e. The van der Waals surface area contributed by atoms with Gasteiger partial charge in [0.15, 0.2) is 0 Å². The van der Waals surface area contributed by atoms with Crippen molar-refractivity contribution in [2.24, 2.45) is 5.41 Å². The van der Waals surface area contributed by atoms with Crippen LogP contribution >= 0.6 is 0 Å². The summed E-state index contributed by atoms with van der Waals surface area (Å²) in [5.74, 6) is 0. The van der Waals surface area contributed by atoms with Gasteiger partial charge in [0.25, 0.3) is 0 Å². The molecular weight excluding hydrogens is 200 g/mol. The highest BCUT2D eigenvalue weighted by Gasteiger charge is 2.32. The summed E-state index contributed by atoms with van der Waals surface area (Å²) in [5.41, 5.74) is 0.474. The summed E-state index contributed by atoms with van der Waals surface area (Å²) in [6, 6.07) is 0.288. The zero-order chi connectivity index (χ0) is 11.6. The van der Waals surface area contributed by atoms with Gasteiger partial charge in [0.1, 0.15) is 0 Å². The van der Waals surface area contributed by atoms with Crippen LogP contribution in [0.3, 0.4) is 0 Å². The molecule has 2 amide bonds. The van der Waals surface area contributed by atoms with Crippen molar-refractivity contribution in [3.8, 4) is 0 Å². The minimum absolute atomic E-state index is 0.288. The molecule has 2 fully saturated rings. The Labute approximate surface area is 98.8 Å². The lowest BCUT2D eigenvalue weighted by Gasteiger charge is -2.40. The molecule has 3 nitrogen and oxygen atoms in total. The van der Waals surface area contributed by atoms with E-state index in [9.17, 15) is 4.79 Å². The van der Waals surface area contributed by atoms with Gasteiger partial charge in [-0.2, -0.15) is 0 Å². The van der Waals surface area contributed by atoms with Crippen LogP contribution in [0.1, 0.15) is 46.0 Å². The van der Waals surface area contributed by atoms with Crippen molar-refractivity contribution in [3.63, 3.8) is 0 Å². The topological polar surface area (TPSA) is 23.6 Å². The predicted molar refractivity (Wildman–Crippen MR) is 65.4 cm³/mol. The Morgan fingerprint density at radius 2 is 1.56 bits per heavy atom. The van der Waals surface area contributed by atoms with Gasteiger partial charge in [-0.15, -0.1) is 0 Å². The van der Waals surface area contributed by atoms with Crippen molar-refractivity contribution in [1.29, 1.82) is 0 Å². The van der Waals surface area contributed by atoms with Crippen molar-refractivity contribution in [2.45, 2.75) is 46.0 Å². The highest BCUT2D eigenvalue weighted by molar-refractivity contribution is 5.74. The van der Waals surface area contributed by atoms with E-state index in [1.54, 1.807) is 0 Å². The molecule has 0 N–H and O–H groups in total. The molecule has 0 spiro atoms. The quantitative estimate of drug-likeness (QED) is 0.672. The van der Waals surface area contributed by atoms with E-state index in [1.165, 1.54) is 32.1 Å². The van der Waals surface area contributed by atoms with E-state index >= 15 is 0 Å². The van der Waals surface area contributed by atoms with Gasteiger partial charge in [0.2, 0.25) is 0 Å². The average Bonchev–Trinajstić information content (AvgIpc) is 2.83. The van der Waals surface area contributed by atoms with Crippen LogP contribution in [0.25, 0.3) is 0 Å². The van der Waals surface area contributed by atoms with E-state index in [0.717, 1.165) is 26.2 Å². The molecule has 2 heterocycles. The Kier molecular flexibility index (Phi) is 3.41. The first-order valence-corrected chi connectivity index (χ1v) is 6.68. The average molecular weight is 224 g/mol. The number of hydrogen-bond donors (Lipinski definition) is 0. The molecule has 0 atom stereocenters. The second kappa shape index (κ2) is 4.64. The van der Waals surface area contributed by atoms with E-state index in [1.807, 2.05) is 4.90 Å². The standard InChI is InChI=1S/C13H24N2O/c1-3-13(2)6-10-15(11-7-13)12(16)14-8-4-5-9-14/h3-11H2,1-2H3. The Morgan fingerprint density at radius 1 is 1.06 bits per heavy atom. The van der Waals surface area contributed by atoms with Crippen LogP contribution < -0.4 is 0 Å². The van der Waals surface area contributed by atoms with E-state index in [-0.39, 0.29) is 6.03 Å². The third-order valence-electron chi connectivity index (χ3n) is 4.47. The van der Waals surface area contributed by atoms with Gasteiger partial charge in [-0.25, -0.2) is 4.79 Å². The molecule has 2 rings (SSSR count). The molecule has 0 bridgehead atoms. The maximum absolute atomic E-state index is 12.2. The summed E-state index contributed by atoms with van der Waals surface area (Å²) in [5, 5.41) is 0. The van der Waals surface area contributed by atoms with Gasteiger partial charge in [0, 0.05) is 26.2 Å². The van der Waals surface area contributed by atoms with E-state index in [4.69, 9.17) is 0 Å². The van der Waals surface area contributed by atoms with Gasteiger partial charge in [0.05, 0.1) is 0 Å². The number of piperidine rings is 1. The first-order chi connectivity index (χ1) is 7.64. The fraction of sp³-hybridized carbons (Fsp3) is 0.923. The predicted octanol–water partition coefficient (Wildman–Crippen LogP) is 2.71. The molecule has 0 aromatic rings. The smallest absolute Gasteiger partial charge is 0.319 e. The lowest BCUT2D eigenvalue weighted by atomic mass is 9.78. The molecule has 16 heavy (non-hydrogen) atoms. The number of carbonyl (C=O) groups is 1. The maximum atomic E-state index is 12.2. The number of carbonyl (C=O) groups excluding carboxylic acids is 1. The number of nitrogens with zero attached hydrogens (tertiary/aromatic N) is 2. The first kappa shape index (κ1) is 11.7. The van der Waals surface area contributed by atoms with Crippen molar-refractivity contribution in [2.75, 3.05) is 26.2 Å². The van der Waals surface area contributed by atoms with Gasteiger partial charge in [-0.05, 0) is 31.1 Å². The molecule has 0 unspecified atom stereocenters. The summed E-state index contributed by atoms with van der Waals surface area (Å²) in [6.07, 6.45) is 5.95. The third kappa shape index (κ3) is 2.33. The third-order valence-corrected chi connectivity index (χ3v) is 4.47. The number of rotatable bonds is 1. The summed E-state index contributed by atoms with van der Waals surface area (Å²) in [7, 11) is 0. The lowest BCUT2D eigenvalue weighted by molar-refractivity contribution is 0.107. The summed E-state index contributed by atoms with van der Waals surface area (Å²) in [4.78, 5) is 16.2. The van der Waals surface area contributed by atoms with E-state index in [0.29, 0.717) is 5.41 Å². The Balaban J connectivity index is 1.86. The molecule has 0 aromatic heterocycles. The summed E-state index contributed by atoms with van der Waals surface area (Å²) in [6.45, 7) is 8.47. The zero-order valence-electron chi connectivity index (χ0n) is 10.7.